The molecule has 0 atom stereocenters. The third-order valence-corrected chi connectivity index (χ3v) is 5.33. The number of primary amides is 1. The Hall–Kier alpha value is -2.57. The van der Waals surface area contributed by atoms with Gasteiger partial charge in [0.2, 0.25) is 0 Å². The van der Waals surface area contributed by atoms with Gasteiger partial charge in [-0.25, -0.2) is 9.97 Å². The molecule has 2 N–H and O–H groups in total. The van der Waals surface area contributed by atoms with Crippen molar-refractivity contribution in [3.8, 4) is 0 Å². The van der Waals surface area contributed by atoms with Gasteiger partial charge in [0, 0.05) is 37.8 Å². The predicted octanol–water partition coefficient (Wildman–Crippen LogP) is 3.36. The minimum absolute atomic E-state index is 0.441. The largest absolute Gasteiger partial charge is 0.365 e. The van der Waals surface area contributed by atoms with Crippen molar-refractivity contribution in [2.45, 2.75) is 0 Å². The topological polar surface area (TPSA) is 75.4 Å². The molecule has 4 rings (SSSR count). The van der Waals surface area contributed by atoms with Crippen LogP contribution in [0.2, 0.25) is 10.0 Å². The van der Waals surface area contributed by atoms with Crippen molar-refractivity contribution in [2.24, 2.45) is 5.73 Å². The molecule has 1 saturated heterocycles. The number of anilines is 2. The molecule has 0 unspecified atom stereocenters. The van der Waals surface area contributed by atoms with Crippen molar-refractivity contribution in [3.63, 3.8) is 0 Å². The molecule has 1 fully saturated rings. The van der Waals surface area contributed by atoms with E-state index in [9.17, 15) is 4.79 Å². The van der Waals surface area contributed by atoms with Crippen molar-refractivity contribution in [2.75, 3.05) is 36.0 Å². The highest BCUT2D eigenvalue weighted by molar-refractivity contribution is 6.39. The van der Waals surface area contributed by atoms with Gasteiger partial charge in [-0.05, 0) is 36.4 Å². The Labute approximate surface area is 166 Å². The van der Waals surface area contributed by atoms with Gasteiger partial charge in [-0.15, -0.1) is 0 Å². The van der Waals surface area contributed by atoms with Crippen molar-refractivity contribution in [3.05, 3.63) is 58.2 Å². The average Bonchev–Trinajstić information content (AvgIpc) is 2.71. The second-order valence-corrected chi connectivity index (χ2v) is 7.12. The number of hydrogen-bond acceptors (Lipinski definition) is 5. The zero-order valence-corrected chi connectivity index (χ0v) is 15.9. The quantitative estimate of drug-likeness (QED) is 0.727. The summed E-state index contributed by atoms with van der Waals surface area (Å²) in [4.78, 5) is 24.9. The first kappa shape index (κ1) is 17.8. The maximum atomic E-state index is 11.6. The fourth-order valence-corrected chi connectivity index (χ4v) is 3.73. The maximum Gasteiger partial charge on any atom is 0.252 e. The molecule has 0 spiro atoms. The van der Waals surface area contributed by atoms with Gasteiger partial charge < -0.3 is 15.5 Å². The molecule has 3 heterocycles. The van der Waals surface area contributed by atoms with Gasteiger partial charge in [0.15, 0.2) is 0 Å². The van der Waals surface area contributed by atoms with E-state index in [1.807, 2.05) is 12.1 Å². The molecular weight excluding hydrogens is 385 g/mol. The molecule has 2 aromatic heterocycles. The van der Waals surface area contributed by atoms with Gasteiger partial charge in [0.25, 0.3) is 5.91 Å². The first-order valence-electron chi connectivity index (χ1n) is 8.54. The van der Waals surface area contributed by atoms with Gasteiger partial charge in [0.1, 0.15) is 11.6 Å². The van der Waals surface area contributed by atoms with Crippen molar-refractivity contribution >= 4 is 51.6 Å². The van der Waals surface area contributed by atoms with E-state index in [1.54, 1.807) is 30.5 Å². The SMILES string of the molecule is NC(=O)c1cccnc1N1CCN(c2ccc3c(Cl)ccc(Cl)c3n2)CC1. The van der Waals surface area contributed by atoms with Gasteiger partial charge in [-0.3, -0.25) is 4.79 Å². The van der Waals surface area contributed by atoms with E-state index in [0.29, 0.717) is 40.0 Å². The van der Waals surface area contributed by atoms with Gasteiger partial charge in [-0.2, -0.15) is 0 Å². The van der Waals surface area contributed by atoms with E-state index in [-0.39, 0.29) is 0 Å². The van der Waals surface area contributed by atoms with Crippen LogP contribution < -0.4 is 15.5 Å². The zero-order valence-electron chi connectivity index (χ0n) is 14.4. The standard InChI is InChI=1S/C19H17Cl2N5O/c20-14-4-5-15(21)17-12(14)3-6-16(24-17)25-8-10-26(11-9-25)19-13(18(22)27)2-1-7-23-19/h1-7H,8-11H2,(H2,22,27). The summed E-state index contributed by atoms with van der Waals surface area (Å²) < 4.78 is 0. The zero-order chi connectivity index (χ0) is 19.0. The fourth-order valence-electron chi connectivity index (χ4n) is 3.30. The minimum Gasteiger partial charge on any atom is -0.365 e. The summed E-state index contributed by atoms with van der Waals surface area (Å²) in [5.41, 5.74) is 6.61. The number of rotatable bonds is 3. The lowest BCUT2D eigenvalue weighted by Gasteiger charge is -2.36. The molecule has 1 amide bonds. The van der Waals surface area contributed by atoms with E-state index >= 15 is 0 Å². The molecule has 1 aliphatic heterocycles. The molecule has 0 saturated carbocycles. The first-order chi connectivity index (χ1) is 13.0. The van der Waals surface area contributed by atoms with Crippen LogP contribution in [0.4, 0.5) is 11.6 Å². The molecule has 27 heavy (non-hydrogen) atoms. The fraction of sp³-hybridized carbons (Fsp3) is 0.211. The normalized spacial score (nSPS) is 14.6. The number of aromatic nitrogens is 2. The Bertz CT molecular complexity index is 1020. The molecule has 1 aromatic carbocycles. The summed E-state index contributed by atoms with van der Waals surface area (Å²) in [7, 11) is 0. The van der Waals surface area contributed by atoms with Crippen molar-refractivity contribution < 1.29 is 4.79 Å². The van der Waals surface area contributed by atoms with Crippen molar-refractivity contribution in [1.82, 2.24) is 9.97 Å². The Morgan fingerprint density at radius 3 is 2.41 bits per heavy atom. The summed E-state index contributed by atoms with van der Waals surface area (Å²) in [6.07, 6.45) is 1.67. The lowest BCUT2D eigenvalue weighted by atomic mass is 10.2. The van der Waals surface area contributed by atoms with Crippen LogP contribution >= 0.6 is 23.2 Å². The van der Waals surface area contributed by atoms with Crippen LogP contribution in [0.1, 0.15) is 10.4 Å². The third kappa shape index (κ3) is 3.38. The van der Waals surface area contributed by atoms with Crippen LogP contribution in [-0.2, 0) is 0 Å². The third-order valence-electron chi connectivity index (χ3n) is 4.70. The number of benzene rings is 1. The Kier molecular flexibility index (Phi) is 4.76. The predicted molar refractivity (Wildman–Crippen MR) is 109 cm³/mol. The molecule has 0 radical (unpaired) electrons. The molecular formula is C19H17Cl2N5O. The lowest BCUT2D eigenvalue weighted by molar-refractivity contribution is 0.100. The van der Waals surface area contributed by atoms with Crippen LogP contribution in [0, 0.1) is 0 Å². The monoisotopic (exact) mass is 401 g/mol. The van der Waals surface area contributed by atoms with E-state index < -0.39 is 5.91 Å². The molecule has 138 valence electrons. The van der Waals surface area contributed by atoms with Crippen LogP contribution in [0.25, 0.3) is 10.9 Å². The second-order valence-electron chi connectivity index (χ2n) is 6.31. The Morgan fingerprint density at radius 1 is 0.963 bits per heavy atom. The summed E-state index contributed by atoms with van der Waals surface area (Å²) in [5, 5.41) is 2.05. The number of hydrogen-bond donors (Lipinski definition) is 1. The van der Waals surface area contributed by atoms with E-state index in [1.165, 1.54) is 0 Å². The number of nitrogens with zero attached hydrogens (tertiary/aromatic N) is 4. The van der Waals surface area contributed by atoms with E-state index in [2.05, 4.69) is 14.8 Å². The molecule has 6 nitrogen and oxygen atoms in total. The van der Waals surface area contributed by atoms with Gasteiger partial charge in [0.05, 0.1) is 21.1 Å². The number of nitrogens with two attached hydrogens (primary N) is 1. The summed E-state index contributed by atoms with van der Waals surface area (Å²) in [6, 6.07) is 10.8. The minimum atomic E-state index is -0.469. The number of amides is 1. The van der Waals surface area contributed by atoms with Crippen molar-refractivity contribution in [1.29, 1.82) is 0 Å². The van der Waals surface area contributed by atoms with E-state index in [0.717, 1.165) is 24.3 Å². The van der Waals surface area contributed by atoms with Gasteiger partial charge in [-0.1, -0.05) is 23.2 Å². The van der Waals surface area contributed by atoms with Crippen LogP contribution in [0.15, 0.2) is 42.6 Å². The lowest BCUT2D eigenvalue weighted by Crippen LogP contribution is -2.47. The Balaban J connectivity index is 1.56. The molecule has 0 bridgehead atoms. The summed E-state index contributed by atoms with van der Waals surface area (Å²) in [6.45, 7) is 2.90. The van der Waals surface area contributed by atoms with E-state index in [4.69, 9.17) is 33.9 Å². The highest BCUT2D eigenvalue weighted by Crippen LogP contribution is 2.30. The average molecular weight is 402 g/mol. The molecule has 8 heteroatoms. The van der Waals surface area contributed by atoms with Gasteiger partial charge >= 0.3 is 0 Å². The summed E-state index contributed by atoms with van der Waals surface area (Å²) >= 11 is 12.5. The number of piperazine rings is 1. The Morgan fingerprint density at radius 2 is 1.67 bits per heavy atom. The smallest absolute Gasteiger partial charge is 0.252 e. The molecule has 3 aromatic rings. The molecule has 1 aliphatic rings. The van der Waals surface area contributed by atoms with Crippen LogP contribution in [0.5, 0.6) is 0 Å². The number of carbonyl (C=O) groups excluding carboxylic acids is 1. The molecule has 0 aliphatic carbocycles. The number of pyridine rings is 2. The highest BCUT2D eigenvalue weighted by Gasteiger charge is 2.22. The van der Waals surface area contributed by atoms with Crippen LogP contribution in [0.3, 0.4) is 0 Å². The maximum absolute atomic E-state index is 11.6. The second kappa shape index (κ2) is 7.21. The number of fused-ring (bicyclic) bond motifs is 1. The van der Waals surface area contributed by atoms with Crippen LogP contribution in [-0.4, -0.2) is 42.1 Å². The number of carbonyl (C=O) groups is 1. The highest BCUT2D eigenvalue weighted by atomic mass is 35.5. The number of halogens is 2. The first-order valence-corrected chi connectivity index (χ1v) is 9.29. The summed E-state index contributed by atoms with van der Waals surface area (Å²) in [5.74, 6) is 1.01.